The number of rotatable bonds is 9. The first-order valence-corrected chi connectivity index (χ1v) is 12.6. The van der Waals surface area contributed by atoms with Gasteiger partial charge in [-0.3, -0.25) is 0 Å². The summed E-state index contributed by atoms with van der Waals surface area (Å²) in [6.45, 7) is 6.39. The second kappa shape index (κ2) is 10.7. The summed E-state index contributed by atoms with van der Waals surface area (Å²) in [5.74, 6) is 1.50. The van der Waals surface area contributed by atoms with Crippen LogP contribution in [0.1, 0.15) is 32.1 Å². The van der Waals surface area contributed by atoms with Crippen LogP contribution in [0.4, 0.5) is 5.69 Å². The average Bonchev–Trinajstić information content (AvgIpc) is 3.57. The lowest BCUT2D eigenvalue weighted by Crippen LogP contribution is -2.36. The average molecular weight is 465 g/mol. The molecule has 7 nitrogen and oxygen atoms in total. The van der Waals surface area contributed by atoms with Gasteiger partial charge in [0.2, 0.25) is 0 Å². The van der Waals surface area contributed by atoms with Gasteiger partial charge in [-0.05, 0) is 83.5 Å². The van der Waals surface area contributed by atoms with E-state index in [1.807, 2.05) is 12.1 Å². The Hall–Kier alpha value is -2.77. The Labute approximate surface area is 202 Å². The summed E-state index contributed by atoms with van der Waals surface area (Å²) < 4.78 is 17.3. The normalized spacial score (nSPS) is 17.9. The van der Waals surface area contributed by atoms with Gasteiger partial charge >= 0.3 is 0 Å². The van der Waals surface area contributed by atoms with Gasteiger partial charge in [0.15, 0.2) is 11.5 Å². The van der Waals surface area contributed by atoms with E-state index in [2.05, 4.69) is 34.3 Å². The predicted molar refractivity (Wildman–Crippen MR) is 136 cm³/mol. The van der Waals surface area contributed by atoms with Crippen molar-refractivity contribution in [2.24, 2.45) is 0 Å². The fourth-order valence-corrected chi connectivity index (χ4v) is 5.03. The number of pyridine rings is 1. The molecule has 4 heterocycles. The van der Waals surface area contributed by atoms with Crippen LogP contribution in [0.25, 0.3) is 22.2 Å². The minimum Gasteiger partial charge on any atom is -0.493 e. The van der Waals surface area contributed by atoms with Crippen molar-refractivity contribution >= 4 is 16.6 Å². The van der Waals surface area contributed by atoms with E-state index in [9.17, 15) is 0 Å². The fourth-order valence-electron chi connectivity index (χ4n) is 5.03. The molecule has 2 aliphatic heterocycles. The van der Waals surface area contributed by atoms with E-state index in [1.54, 1.807) is 19.6 Å². The third-order valence-corrected chi connectivity index (χ3v) is 7.06. The Morgan fingerprint density at radius 1 is 1.09 bits per heavy atom. The number of likely N-dealkylation sites (tertiary alicyclic amines) is 2. The largest absolute Gasteiger partial charge is 0.493 e. The third-order valence-electron chi connectivity index (χ3n) is 7.06. The maximum Gasteiger partial charge on any atom is 0.163 e. The van der Waals surface area contributed by atoms with E-state index in [0.29, 0.717) is 12.6 Å². The number of nitrogens with zero attached hydrogens (tertiary/aromatic N) is 3. The number of hydrogen-bond donors (Lipinski definition) is 1. The maximum atomic E-state index is 6.19. The smallest absolute Gasteiger partial charge is 0.163 e. The van der Waals surface area contributed by atoms with Crippen LogP contribution in [0.3, 0.4) is 0 Å². The van der Waals surface area contributed by atoms with E-state index in [4.69, 9.17) is 18.9 Å². The third kappa shape index (κ3) is 5.31. The molecule has 5 rings (SSSR count). The number of anilines is 1. The Kier molecular flexibility index (Phi) is 7.21. The van der Waals surface area contributed by atoms with E-state index >= 15 is 0 Å². The first-order valence-electron chi connectivity index (χ1n) is 12.6. The molecule has 7 heteroatoms. The molecule has 2 aromatic heterocycles. The van der Waals surface area contributed by atoms with Gasteiger partial charge in [-0.15, -0.1) is 0 Å². The van der Waals surface area contributed by atoms with Crippen LogP contribution < -0.4 is 14.8 Å². The van der Waals surface area contributed by atoms with Crippen LogP contribution in [0.15, 0.2) is 41.2 Å². The van der Waals surface area contributed by atoms with Gasteiger partial charge in [0.1, 0.15) is 0 Å². The molecule has 182 valence electrons. The summed E-state index contributed by atoms with van der Waals surface area (Å²) in [5.41, 5.74) is 3.83. The number of benzene rings is 1. The standard InChI is InChI=1S/C27H36N4O3/c1-30-12-6-21(7-13-30)28-24-17-23(20-8-15-33-19-20)29-25-18-27(26(32-2)16-22(24)25)34-14-5-11-31-9-3-4-10-31/h8,15-19,21H,3-7,9-14H2,1-2H3,(H,28,29). The lowest BCUT2D eigenvalue weighted by atomic mass is 10.0. The molecule has 0 saturated carbocycles. The summed E-state index contributed by atoms with van der Waals surface area (Å²) in [4.78, 5) is 9.86. The van der Waals surface area contributed by atoms with Crippen molar-refractivity contribution < 1.29 is 13.9 Å². The second-order valence-electron chi connectivity index (χ2n) is 9.56. The monoisotopic (exact) mass is 464 g/mol. The second-order valence-corrected chi connectivity index (χ2v) is 9.56. The van der Waals surface area contributed by atoms with E-state index < -0.39 is 0 Å². The van der Waals surface area contributed by atoms with Crippen molar-refractivity contribution in [3.05, 3.63) is 36.8 Å². The molecular weight excluding hydrogens is 428 g/mol. The fraction of sp³-hybridized carbons (Fsp3) is 0.519. The molecule has 3 aromatic rings. The molecule has 0 radical (unpaired) electrons. The highest BCUT2D eigenvalue weighted by atomic mass is 16.5. The van der Waals surface area contributed by atoms with E-state index in [0.717, 1.165) is 78.2 Å². The van der Waals surface area contributed by atoms with Crippen molar-refractivity contribution in [1.29, 1.82) is 0 Å². The maximum absolute atomic E-state index is 6.19. The summed E-state index contributed by atoms with van der Waals surface area (Å²) in [6, 6.07) is 8.60. The van der Waals surface area contributed by atoms with Crippen molar-refractivity contribution in [1.82, 2.24) is 14.8 Å². The van der Waals surface area contributed by atoms with Gasteiger partial charge in [0.05, 0.1) is 37.5 Å². The van der Waals surface area contributed by atoms with Gasteiger partial charge in [0, 0.05) is 35.3 Å². The van der Waals surface area contributed by atoms with Gasteiger partial charge in [-0.2, -0.15) is 0 Å². The van der Waals surface area contributed by atoms with E-state index in [-0.39, 0.29) is 0 Å². The molecule has 0 aliphatic carbocycles. The highest BCUT2D eigenvalue weighted by molar-refractivity contribution is 5.96. The predicted octanol–water partition coefficient (Wildman–Crippen LogP) is 4.87. The molecule has 34 heavy (non-hydrogen) atoms. The molecular formula is C27H36N4O3. The van der Waals surface area contributed by atoms with Crippen LogP contribution in [-0.4, -0.2) is 74.3 Å². The van der Waals surface area contributed by atoms with Crippen LogP contribution in [-0.2, 0) is 0 Å². The molecule has 0 atom stereocenters. The van der Waals surface area contributed by atoms with Crippen molar-refractivity contribution in [2.75, 3.05) is 58.8 Å². The minimum atomic E-state index is 0.437. The Balaban J connectivity index is 1.41. The van der Waals surface area contributed by atoms with Crippen molar-refractivity contribution in [3.8, 4) is 22.8 Å². The topological polar surface area (TPSA) is 63.0 Å². The summed E-state index contributed by atoms with van der Waals surface area (Å²) in [5, 5.41) is 4.85. The first kappa shape index (κ1) is 23.0. The molecule has 1 aromatic carbocycles. The summed E-state index contributed by atoms with van der Waals surface area (Å²) in [6.07, 6.45) is 9.32. The highest BCUT2D eigenvalue weighted by Crippen LogP contribution is 2.37. The molecule has 0 spiro atoms. The van der Waals surface area contributed by atoms with Gasteiger partial charge in [-0.1, -0.05) is 0 Å². The first-order chi connectivity index (χ1) is 16.7. The number of aromatic nitrogens is 1. The molecule has 2 aliphatic rings. The zero-order valence-corrected chi connectivity index (χ0v) is 20.4. The zero-order valence-electron chi connectivity index (χ0n) is 20.4. The van der Waals surface area contributed by atoms with Gasteiger partial charge in [0.25, 0.3) is 0 Å². The Morgan fingerprint density at radius 2 is 1.91 bits per heavy atom. The number of nitrogens with one attached hydrogen (secondary N) is 1. The van der Waals surface area contributed by atoms with E-state index in [1.165, 1.54) is 25.9 Å². The van der Waals surface area contributed by atoms with Crippen molar-refractivity contribution in [3.63, 3.8) is 0 Å². The quantitative estimate of drug-likeness (QED) is 0.453. The van der Waals surface area contributed by atoms with Gasteiger partial charge in [-0.25, -0.2) is 4.98 Å². The number of fused-ring (bicyclic) bond motifs is 1. The Bertz CT molecular complexity index is 1070. The molecule has 1 N–H and O–H groups in total. The SMILES string of the molecule is COc1cc2c(NC3CCN(C)CC3)cc(-c3ccoc3)nc2cc1OCCCN1CCCC1. The summed E-state index contributed by atoms with van der Waals surface area (Å²) in [7, 11) is 3.89. The molecule has 0 bridgehead atoms. The lowest BCUT2D eigenvalue weighted by Gasteiger charge is -2.30. The summed E-state index contributed by atoms with van der Waals surface area (Å²) >= 11 is 0. The number of hydrogen-bond acceptors (Lipinski definition) is 7. The minimum absolute atomic E-state index is 0.437. The lowest BCUT2D eigenvalue weighted by molar-refractivity contribution is 0.254. The van der Waals surface area contributed by atoms with Gasteiger partial charge < -0.3 is 29.0 Å². The molecule has 0 unspecified atom stereocenters. The van der Waals surface area contributed by atoms with Crippen LogP contribution >= 0.6 is 0 Å². The molecule has 2 saturated heterocycles. The number of piperidine rings is 1. The number of ether oxygens (including phenoxy) is 2. The highest BCUT2D eigenvalue weighted by Gasteiger charge is 2.20. The molecule has 0 amide bonds. The van der Waals surface area contributed by atoms with Crippen LogP contribution in [0.5, 0.6) is 11.5 Å². The Morgan fingerprint density at radius 3 is 2.65 bits per heavy atom. The zero-order chi connectivity index (χ0) is 23.3. The van der Waals surface area contributed by atoms with Crippen molar-refractivity contribution in [2.45, 2.75) is 38.1 Å². The molecule has 2 fully saturated rings. The van der Waals surface area contributed by atoms with Crippen LogP contribution in [0.2, 0.25) is 0 Å². The van der Waals surface area contributed by atoms with Crippen LogP contribution in [0, 0.1) is 0 Å². The number of methoxy groups -OCH3 is 1. The number of furan rings is 1.